The van der Waals surface area contributed by atoms with Gasteiger partial charge in [0.1, 0.15) is 5.41 Å². The Morgan fingerprint density at radius 2 is 2.10 bits per heavy atom. The number of nitrogens with two attached hydrogens (primary N) is 1. The number of oxime groups is 1. The maximum absolute atomic E-state index is 12.5. The summed E-state index contributed by atoms with van der Waals surface area (Å²) in [7, 11) is 0. The normalized spacial score (nSPS) is 18.0. The van der Waals surface area contributed by atoms with Gasteiger partial charge in [0.15, 0.2) is 5.84 Å². The topological polar surface area (TPSA) is 87.7 Å². The third-order valence-corrected chi connectivity index (χ3v) is 4.77. The molecule has 1 fully saturated rings. The number of hydrogen-bond acceptors (Lipinski definition) is 3. The highest BCUT2D eigenvalue weighted by Gasteiger charge is 2.45. The van der Waals surface area contributed by atoms with Crippen molar-refractivity contribution in [1.29, 1.82) is 0 Å². The van der Waals surface area contributed by atoms with E-state index in [1.54, 1.807) is 0 Å². The number of carbonyl (C=O) groups excluding carboxylic acids is 1. The predicted octanol–water partition coefficient (Wildman–Crippen LogP) is 3.00. The standard InChI is InChI=1S/C14H18BrN3O2/c1-9-4-5-10(8-11(9)15)17-13(19)14(12(16)18-20)6-2-3-7-14/h4-5,8,20H,2-3,6-7H2,1H3,(H2,16,18)(H,17,19). The molecule has 108 valence electrons. The molecule has 0 atom stereocenters. The predicted molar refractivity (Wildman–Crippen MR) is 81.8 cm³/mol. The van der Waals surface area contributed by atoms with E-state index in [4.69, 9.17) is 10.9 Å². The van der Waals surface area contributed by atoms with Crippen molar-refractivity contribution in [3.05, 3.63) is 28.2 Å². The number of amidine groups is 1. The van der Waals surface area contributed by atoms with Crippen molar-refractivity contribution in [3.63, 3.8) is 0 Å². The fraction of sp³-hybridized carbons (Fsp3) is 0.429. The van der Waals surface area contributed by atoms with Crippen molar-refractivity contribution in [2.45, 2.75) is 32.6 Å². The Hall–Kier alpha value is -1.56. The molecule has 4 N–H and O–H groups in total. The maximum Gasteiger partial charge on any atom is 0.238 e. The molecule has 0 spiro atoms. The highest BCUT2D eigenvalue weighted by atomic mass is 79.9. The average Bonchev–Trinajstić information content (AvgIpc) is 2.93. The summed E-state index contributed by atoms with van der Waals surface area (Å²) in [6.45, 7) is 1.98. The van der Waals surface area contributed by atoms with Gasteiger partial charge in [-0.3, -0.25) is 4.79 Å². The van der Waals surface area contributed by atoms with Crippen LogP contribution in [0, 0.1) is 12.3 Å². The molecule has 20 heavy (non-hydrogen) atoms. The van der Waals surface area contributed by atoms with Crippen molar-refractivity contribution < 1.29 is 10.0 Å². The summed E-state index contributed by atoms with van der Waals surface area (Å²) >= 11 is 3.44. The summed E-state index contributed by atoms with van der Waals surface area (Å²) in [5.74, 6) is -0.209. The molecular weight excluding hydrogens is 322 g/mol. The van der Waals surface area contributed by atoms with Crippen molar-refractivity contribution in [3.8, 4) is 0 Å². The summed E-state index contributed by atoms with van der Waals surface area (Å²) in [6, 6.07) is 5.61. The summed E-state index contributed by atoms with van der Waals surface area (Å²) in [6.07, 6.45) is 3.03. The number of amides is 1. The van der Waals surface area contributed by atoms with E-state index in [9.17, 15) is 4.79 Å². The molecule has 2 rings (SSSR count). The second kappa shape index (κ2) is 5.83. The largest absolute Gasteiger partial charge is 0.409 e. The minimum absolute atomic E-state index is 0.00122. The molecule has 1 aliphatic rings. The van der Waals surface area contributed by atoms with Gasteiger partial charge in [-0.1, -0.05) is 40.0 Å². The van der Waals surface area contributed by atoms with Gasteiger partial charge in [-0.15, -0.1) is 0 Å². The van der Waals surface area contributed by atoms with Crippen LogP contribution >= 0.6 is 15.9 Å². The molecule has 6 heteroatoms. The Kier molecular flexibility index (Phi) is 4.32. The lowest BCUT2D eigenvalue weighted by Crippen LogP contribution is -2.45. The van der Waals surface area contributed by atoms with E-state index in [-0.39, 0.29) is 11.7 Å². The molecule has 0 saturated heterocycles. The van der Waals surface area contributed by atoms with Crippen LogP contribution in [0.5, 0.6) is 0 Å². The average molecular weight is 340 g/mol. The zero-order chi connectivity index (χ0) is 14.8. The van der Waals surface area contributed by atoms with Crippen LogP contribution in [-0.4, -0.2) is 17.0 Å². The van der Waals surface area contributed by atoms with Crippen LogP contribution in [0.4, 0.5) is 5.69 Å². The monoisotopic (exact) mass is 339 g/mol. The third-order valence-electron chi connectivity index (χ3n) is 3.92. The minimum atomic E-state index is -0.883. The summed E-state index contributed by atoms with van der Waals surface area (Å²) in [4.78, 5) is 12.5. The van der Waals surface area contributed by atoms with Crippen molar-refractivity contribution in [2.24, 2.45) is 16.3 Å². The van der Waals surface area contributed by atoms with Gasteiger partial charge in [-0.05, 0) is 37.5 Å². The Morgan fingerprint density at radius 1 is 1.45 bits per heavy atom. The lowest BCUT2D eigenvalue weighted by Gasteiger charge is -2.26. The number of hydrogen-bond donors (Lipinski definition) is 3. The molecule has 0 bridgehead atoms. The Labute approximate surface area is 126 Å². The second-order valence-electron chi connectivity index (χ2n) is 5.19. The number of anilines is 1. The molecular formula is C14H18BrN3O2. The summed E-state index contributed by atoms with van der Waals surface area (Å²) in [5, 5.41) is 14.9. The van der Waals surface area contributed by atoms with Crippen LogP contribution in [-0.2, 0) is 4.79 Å². The van der Waals surface area contributed by atoms with E-state index < -0.39 is 5.41 Å². The molecule has 1 saturated carbocycles. The van der Waals surface area contributed by atoms with E-state index in [1.807, 2.05) is 25.1 Å². The van der Waals surface area contributed by atoms with Crippen LogP contribution < -0.4 is 11.1 Å². The number of nitrogens with zero attached hydrogens (tertiary/aromatic N) is 1. The van der Waals surface area contributed by atoms with Gasteiger partial charge in [0.2, 0.25) is 5.91 Å². The van der Waals surface area contributed by atoms with E-state index in [0.29, 0.717) is 18.5 Å². The molecule has 1 amide bonds. The summed E-state index contributed by atoms with van der Waals surface area (Å²) < 4.78 is 0.930. The number of nitrogens with one attached hydrogen (secondary N) is 1. The second-order valence-corrected chi connectivity index (χ2v) is 6.05. The molecule has 1 aliphatic carbocycles. The quantitative estimate of drug-likeness (QED) is 0.342. The van der Waals surface area contributed by atoms with Gasteiger partial charge in [0.25, 0.3) is 0 Å². The number of halogens is 1. The van der Waals surface area contributed by atoms with Gasteiger partial charge in [-0.25, -0.2) is 0 Å². The zero-order valence-electron chi connectivity index (χ0n) is 11.3. The fourth-order valence-corrected chi connectivity index (χ4v) is 2.97. The van der Waals surface area contributed by atoms with Crippen molar-refractivity contribution >= 4 is 33.4 Å². The van der Waals surface area contributed by atoms with E-state index in [1.165, 1.54) is 0 Å². The van der Waals surface area contributed by atoms with Crippen LogP contribution in [0.15, 0.2) is 27.8 Å². The van der Waals surface area contributed by atoms with Crippen molar-refractivity contribution in [2.75, 3.05) is 5.32 Å². The highest BCUT2D eigenvalue weighted by Crippen LogP contribution is 2.39. The Bertz CT molecular complexity index is 551. The number of benzene rings is 1. The van der Waals surface area contributed by atoms with Gasteiger partial charge in [0, 0.05) is 10.2 Å². The van der Waals surface area contributed by atoms with E-state index >= 15 is 0 Å². The first-order valence-electron chi connectivity index (χ1n) is 6.55. The van der Waals surface area contributed by atoms with Gasteiger partial charge in [0.05, 0.1) is 0 Å². The molecule has 1 aromatic carbocycles. The molecule has 1 aromatic rings. The minimum Gasteiger partial charge on any atom is -0.409 e. The van der Waals surface area contributed by atoms with E-state index in [0.717, 1.165) is 22.9 Å². The lowest BCUT2D eigenvalue weighted by molar-refractivity contribution is -0.122. The Balaban J connectivity index is 2.23. The highest BCUT2D eigenvalue weighted by molar-refractivity contribution is 9.10. The number of rotatable bonds is 3. The first kappa shape index (κ1) is 14.8. The molecule has 0 aromatic heterocycles. The van der Waals surface area contributed by atoms with Gasteiger partial charge >= 0.3 is 0 Å². The fourth-order valence-electron chi connectivity index (χ4n) is 2.60. The first-order valence-corrected chi connectivity index (χ1v) is 7.34. The van der Waals surface area contributed by atoms with Crippen LogP contribution in [0.25, 0.3) is 0 Å². The molecule has 0 radical (unpaired) electrons. The maximum atomic E-state index is 12.5. The van der Waals surface area contributed by atoms with Gasteiger partial charge < -0.3 is 16.3 Å². The molecule has 0 unspecified atom stereocenters. The van der Waals surface area contributed by atoms with E-state index in [2.05, 4.69) is 26.4 Å². The molecule has 0 aliphatic heterocycles. The number of aryl methyl sites for hydroxylation is 1. The first-order chi connectivity index (χ1) is 9.49. The smallest absolute Gasteiger partial charge is 0.238 e. The Morgan fingerprint density at radius 3 is 2.65 bits per heavy atom. The third kappa shape index (κ3) is 2.65. The molecule has 0 heterocycles. The SMILES string of the molecule is Cc1ccc(NC(=O)C2(C(N)=NO)CCCC2)cc1Br. The van der Waals surface area contributed by atoms with Crippen LogP contribution in [0.3, 0.4) is 0 Å². The summed E-state index contributed by atoms with van der Waals surface area (Å²) in [5.41, 5.74) is 6.66. The van der Waals surface area contributed by atoms with Crippen LogP contribution in [0.1, 0.15) is 31.2 Å². The van der Waals surface area contributed by atoms with Crippen molar-refractivity contribution in [1.82, 2.24) is 0 Å². The molecule has 5 nitrogen and oxygen atoms in total. The zero-order valence-corrected chi connectivity index (χ0v) is 12.9. The van der Waals surface area contributed by atoms with Crippen LogP contribution in [0.2, 0.25) is 0 Å². The lowest BCUT2D eigenvalue weighted by atomic mass is 9.83. The number of carbonyl (C=O) groups is 1. The van der Waals surface area contributed by atoms with Gasteiger partial charge in [-0.2, -0.15) is 0 Å².